The van der Waals surface area contributed by atoms with Crippen molar-refractivity contribution in [3.8, 4) is 11.1 Å². The molecule has 2 aliphatic rings. The average Bonchev–Trinajstić information content (AvgIpc) is 3.30. The van der Waals surface area contributed by atoms with Gasteiger partial charge in [0.25, 0.3) is 0 Å². The normalized spacial score (nSPS) is 14.8. The first-order valence-corrected chi connectivity index (χ1v) is 24.4. The third-order valence-electron chi connectivity index (χ3n) is 7.19. The van der Waals surface area contributed by atoms with Crippen LogP contribution in [0, 0.1) is 0 Å². The molecule has 0 amide bonds. The van der Waals surface area contributed by atoms with Crippen molar-refractivity contribution in [3.05, 3.63) is 69.8 Å². The monoisotopic (exact) mass is 591 g/mol. The Bertz CT molecular complexity index is 1210. The molecule has 0 radical (unpaired) electrons. The van der Waals surface area contributed by atoms with Crippen LogP contribution in [0.2, 0.25) is 9.26 Å². The Balaban J connectivity index is 0.00000204. The molecule has 0 aliphatic heterocycles. The van der Waals surface area contributed by atoms with E-state index in [1.165, 1.54) is 16.7 Å². The van der Waals surface area contributed by atoms with E-state index in [4.69, 9.17) is 0 Å². The van der Waals surface area contributed by atoms with Crippen LogP contribution >= 0.6 is 24.8 Å². The number of allylic oxidation sites excluding steroid dienone is 4. The summed E-state index contributed by atoms with van der Waals surface area (Å²) < 4.78 is 7.09. The van der Waals surface area contributed by atoms with Gasteiger partial charge in [-0.3, -0.25) is 0 Å². The molecule has 2 aromatic carbocycles. The fraction of sp³-hybridized carbons (Fsp3) is 0.467. The van der Waals surface area contributed by atoms with Crippen LogP contribution in [0.15, 0.2) is 36.4 Å². The number of fused-ring (bicyclic) bond motifs is 3. The Hall–Kier alpha value is -0.400. The van der Waals surface area contributed by atoms with E-state index in [9.17, 15) is 0 Å². The molecule has 4 heteroatoms. The van der Waals surface area contributed by atoms with E-state index >= 15 is 0 Å². The summed E-state index contributed by atoms with van der Waals surface area (Å²) in [4.78, 5) is 0. The van der Waals surface area contributed by atoms with Crippen molar-refractivity contribution in [1.29, 1.82) is 0 Å². The van der Waals surface area contributed by atoms with E-state index < -0.39 is 18.9 Å². The quantitative estimate of drug-likeness (QED) is 0.270. The van der Waals surface area contributed by atoms with Crippen molar-refractivity contribution in [3.63, 3.8) is 0 Å². The van der Waals surface area contributed by atoms with E-state index in [2.05, 4.69) is 101 Å². The van der Waals surface area contributed by atoms with Gasteiger partial charge in [0.15, 0.2) is 0 Å². The van der Waals surface area contributed by atoms with Crippen molar-refractivity contribution >= 4 is 40.5 Å². The van der Waals surface area contributed by atoms with Gasteiger partial charge < -0.3 is 0 Å². The van der Waals surface area contributed by atoms with Gasteiger partial charge in [-0.05, 0) is 0 Å². The summed E-state index contributed by atoms with van der Waals surface area (Å²) in [7, 11) is 0. The number of benzene rings is 2. The summed E-state index contributed by atoms with van der Waals surface area (Å²) in [6.45, 7) is 19.1. The summed E-state index contributed by atoms with van der Waals surface area (Å²) in [6, 6.07) is 7.36. The van der Waals surface area contributed by atoms with Gasteiger partial charge >= 0.3 is 203 Å². The van der Waals surface area contributed by atoms with Crippen LogP contribution in [0.25, 0.3) is 16.7 Å². The molecule has 0 fully saturated rings. The maximum Gasteiger partial charge on any atom is -0.147 e. The summed E-state index contributed by atoms with van der Waals surface area (Å²) >= 11 is -2.44. The molecule has 0 bridgehead atoms. The zero-order valence-electron chi connectivity index (χ0n) is 22.6. The van der Waals surface area contributed by atoms with E-state index in [-0.39, 0.29) is 35.6 Å². The van der Waals surface area contributed by atoms with Crippen molar-refractivity contribution in [2.75, 3.05) is 0 Å². The first-order valence-electron chi connectivity index (χ1n) is 12.3. The van der Waals surface area contributed by atoms with Crippen LogP contribution < -0.4 is 3.27 Å². The fourth-order valence-electron chi connectivity index (χ4n) is 5.84. The van der Waals surface area contributed by atoms with Crippen molar-refractivity contribution in [2.24, 2.45) is 0 Å². The smallest absolute Gasteiger partial charge is 0.147 e. The number of hydrogen-bond donors (Lipinski definition) is 0. The van der Waals surface area contributed by atoms with Crippen LogP contribution in [0.3, 0.4) is 0 Å². The third kappa shape index (κ3) is 5.18. The second kappa shape index (κ2) is 10.2. The van der Waals surface area contributed by atoms with E-state index in [1.54, 1.807) is 33.4 Å². The molecule has 0 heterocycles. The molecule has 4 rings (SSSR count). The topological polar surface area (TPSA) is 0 Å². The molecule has 0 aromatic heterocycles. The minimum Gasteiger partial charge on any atom is -0.147 e. The maximum atomic E-state index is 2.64. The molecule has 0 unspecified atom stereocenters. The third-order valence-corrected chi connectivity index (χ3v) is 14.0. The van der Waals surface area contributed by atoms with Crippen LogP contribution in [-0.4, -0.2) is 6.88 Å². The van der Waals surface area contributed by atoms with Crippen molar-refractivity contribution in [2.45, 2.75) is 87.8 Å². The van der Waals surface area contributed by atoms with Gasteiger partial charge in [-0.25, -0.2) is 0 Å². The summed E-state index contributed by atoms with van der Waals surface area (Å²) in [5.41, 5.74) is 14.6. The predicted molar refractivity (Wildman–Crippen MR) is 158 cm³/mol. The second-order valence-corrected chi connectivity index (χ2v) is 33.5. The van der Waals surface area contributed by atoms with Gasteiger partial charge in [0.2, 0.25) is 0 Å². The average molecular weight is 594 g/mol. The van der Waals surface area contributed by atoms with E-state index in [0.717, 1.165) is 19.3 Å². The molecule has 185 valence electrons. The van der Waals surface area contributed by atoms with Crippen LogP contribution in [-0.2, 0) is 42.6 Å². The Morgan fingerprint density at radius 3 is 2.06 bits per heavy atom. The van der Waals surface area contributed by atoms with Gasteiger partial charge in [0.05, 0.1) is 0 Å². The summed E-state index contributed by atoms with van der Waals surface area (Å²) in [6.07, 6.45) is 10.3. The molecule has 0 nitrogen and oxygen atoms in total. The Kier molecular flexibility index (Phi) is 8.91. The van der Waals surface area contributed by atoms with E-state index in [0.29, 0.717) is 0 Å². The van der Waals surface area contributed by atoms with Gasteiger partial charge in [-0.15, -0.1) is 24.8 Å². The molecule has 2 aromatic rings. The fourth-order valence-corrected chi connectivity index (χ4v) is 13.6. The predicted octanol–water partition coefficient (Wildman–Crippen LogP) is 8.03. The number of hydrogen-bond acceptors (Lipinski definition) is 0. The molecule has 2 aliphatic carbocycles. The van der Waals surface area contributed by atoms with Gasteiger partial charge in [0, 0.05) is 0 Å². The Morgan fingerprint density at radius 2 is 1.59 bits per heavy atom. The molecule has 34 heavy (non-hydrogen) atoms. The van der Waals surface area contributed by atoms with Gasteiger partial charge in [-0.1, -0.05) is 0 Å². The molecule has 0 N–H and O–H groups in total. The van der Waals surface area contributed by atoms with Crippen LogP contribution in [0.4, 0.5) is 0 Å². The Labute approximate surface area is 226 Å². The standard InChI is InChI=1S/C28H33.2CH3.2ClH.H2Si.Zr/c1-8-22-25-20(15-19-16-21(27(2,3)4)13-14-23(19)25)17-24(28(5,6)7)26(22)18-11-9-10-12-18;;;;;;/h9-11,13-14,16H,8,12,15H2,1-7H3;2*1H3;2*1H;1H2;. The minimum atomic E-state index is -2.44. The molecule has 0 spiro atoms. The second-order valence-electron chi connectivity index (χ2n) is 12.6. The largest absolute Gasteiger partial charge is 0.147 e. The van der Waals surface area contributed by atoms with E-state index in [1.807, 2.05) is 3.27 Å². The number of rotatable bonds is 3. The number of halogens is 2. The SMILES string of the molecule is CCc1c(C2=CC=CC2)c(C(C)(C)C)[c]([Zr]([CH3])([CH3])=[SiH2])c2c1-c1ccc(C(C)(C)C)cc1C2.Cl.Cl. The first kappa shape index (κ1) is 29.8. The van der Waals surface area contributed by atoms with Crippen LogP contribution in [0.5, 0.6) is 0 Å². The minimum absolute atomic E-state index is 0. The molecular weight excluding hydrogens is 551 g/mol. The zero-order chi connectivity index (χ0) is 23.6. The Morgan fingerprint density at radius 1 is 0.941 bits per heavy atom. The molecular formula is C30H43Cl2SiZr. The van der Waals surface area contributed by atoms with Gasteiger partial charge in [-0.2, -0.15) is 0 Å². The first-order chi connectivity index (χ1) is 14.7. The van der Waals surface area contributed by atoms with Crippen molar-refractivity contribution in [1.82, 2.24) is 0 Å². The molecule has 0 saturated carbocycles. The molecule has 0 saturated heterocycles. The van der Waals surface area contributed by atoms with Gasteiger partial charge in [0.1, 0.15) is 0 Å². The molecule has 0 atom stereocenters. The van der Waals surface area contributed by atoms with Crippen LogP contribution in [0.1, 0.15) is 88.3 Å². The summed E-state index contributed by atoms with van der Waals surface area (Å²) in [5.74, 6) is 0. The zero-order valence-corrected chi connectivity index (χ0v) is 28.1. The summed E-state index contributed by atoms with van der Waals surface area (Å²) in [5, 5.41) is 0. The van der Waals surface area contributed by atoms with Crippen molar-refractivity contribution < 1.29 is 18.9 Å². The maximum absolute atomic E-state index is 2.64.